The fourth-order valence-corrected chi connectivity index (χ4v) is 2.71. The second kappa shape index (κ2) is 4.37. The molecule has 2 N–H and O–H groups in total. The van der Waals surface area contributed by atoms with Crippen molar-refractivity contribution in [3.05, 3.63) is 35.2 Å². The molecule has 0 aliphatic carbocycles. The van der Waals surface area contributed by atoms with E-state index in [4.69, 9.17) is 5.11 Å². The zero-order valence-electron chi connectivity index (χ0n) is 11.8. The van der Waals surface area contributed by atoms with Gasteiger partial charge in [0.05, 0.1) is 23.1 Å². The molecule has 5 nitrogen and oxygen atoms in total. The Hall–Kier alpha value is -2.30. The highest BCUT2D eigenvalue weighted by Crippen LogP contribution is 2.27. The van der Waals surface area contributed by atoms with Gasteiger partial charge < -0.3 is 10.1 Å². The minimum Gasteiger partial charge on any atom is -0.481 e. The number of hydrogen-bond donors (Lipinski definition) is 2. The topological polar surface area (TPSA) is 70.4 Å². The van der Waals surface area contributed by atoms with Crippen LogP contribution < -0.4 is 0 Å². The van der Waals surface area contributed by atoms with E-state index in [1.165, 1.54) is 5.56 Å². The predicted molar refractivity (Wildman–Crippen MR) is 77.2 cm³/mol. The van der Waals surface area contributed by atoms with E-state index in [9.17, 15) is 4.79 Å². The van der Waals surface area contributed by atoms with Crippen molar-refractivity contribution in [3.8, 4) is 0 Å². The Morgan fingerprint density at radius 2 is 2.20 bits per heavy atom. The summed E-state index contributed by atoms with van der Waals surface area (Å²) in [6, 6.07) is 6.06. The summed E-state index contributed by atoms with van der Waals surface area (Å²) in [5.74, 6) is 0.250. The minimum absolute atomic E-state index is 0.0107. The second-order valence-electron chi connectivity index (χ2n) is 5.41. The molecule has 0 atom stereocenters. The summed E-state index contributed by atoms with van der Waals surface area (Å²) in [5, 5.41) is 9.07. The minimum atomic E-state index is -0.837. The molecule has 0 radical (unpaired) electrons. The van der Waals surface area contributed by atoms with Gasteiger partial charge in [-0.2, -0.15) is 0 Å². The molecule has 2 heterocycles. The second-order valence-corrected chi connectivity index (χ2v) is 5.41. The molecule has 3 rings (SSSR count). The average molecular weight is 271 g/mol. The summed E-state index contributed by atoms with van der Waals surface area (Å²) in [6.07, 6.45) is -0.0107. The number of nitrogens with zero attached hydrogens (tertiary/aromatic N) is 2. The number of fused-ring (bicyclic) bond motifs is 3. The van der Waals surface area contributed by atoms with Gasteiger partial charge in [-0.05, 0) is 24.5 Å². The number of aromatic nitrogens is 3. The lowest BCUT2D eigenvalue weighted by atomic mass is 10.0. The van der Waals surface area contributed by atoms with Crippen molar-refractivity contribution in [3.63, 3.8) is 0 Å². The number of aliphatic carboxylic acids is 1. The van der Waals surface area contributed by atoms with E-state index < -0.39 is 5.97 Å². The number of rotatable bonds is 3. The maximum absolute atomic E-state index is 11.0. The number of carboxylic acid groups (broad SMARTS) is 1. The van der Waals surface area contributed by atoms with Gasteiger partial charge in [-0.3, -0.25) is 9.20 Å². The Morgan fingerprint density at radius 1 is 1.45 bits per heavy atom. The van der Waals surface area contributed by atoms with Crippen LogP contribution in [0.2, 0.25) is 0 Å². The first-order valence-corrected chi connectivity index (χ1v) is 6.69. The molecule has 0 spiro atoms. The molecule has 0 aliphatic heterocycles. The van der Waals surface area contributed by atoms with Crippen molar-refractivity contribution in [2.45, 2.75) is 33.1 Å². The highest BCUT2D eigenvalue weighted by atomic mass is 16.4. The third-order valence-electron chi connectivity index (χ3n) is 3.66. The van der Waals surface area contributed by atoms with Gasteiger partial charge in [0.1, 0.15) is 0 Å². The third-order valence-corrected chi connectivity index (χ3v) is 3.66. The number of hydrogen-bond acceptors (Lipinski definition) is 2. The molecule has 0 saturated heterocycles. The van der Waals surface area contributed by atoms with E-state index in [0.29, 0.717) is 11.7 Å². The Labute approximate surface area is 116 Å². The highest BCUT2D eigenvalue weighted by molar-refractivity contribution is 5.84. The number of carbonyl (C=O) groups is 1. The maximum atomic E-state index is 11.0. The fourth-order valence-electron chi connectivity index (χ4n) is 2.71. The molecular weight excluding hydrogens is 254 g/mol. The lowest BCUT2D eigenvalue weighted by Crippen LogP contribution is -2.04. The van der Waals surface area contributed by atoms with Crippen LogP contribution in [0, 0.1) is 6.92 Å². The summed E-state index contributed by atoms with van der Waals surface area (Å²) in [5.41, 5.74) is 4.70. The smallest absolute Gasteiger partial charge is 0.309 e. The standard InChI is InChI=1S/C15H17N3O2/c1-8(2)10-5-4-6-11-14(10)17-15-16-9(3)12(18(11)15)7-13(19)20/h4-6,8H,7H2,1-3H3,(H,16,17)(H,19,20). The molecule has 0 aliphatic rings. The third kappa shape index (κ3) is 1.78. The van der Waals surface area contributed by atoms with Gasteiger partial charge in [-0.1, -0.05) is 26.0 Å². The van der Waals surface area contributed by atoms with Crippen molar-refractivity contribution in [2.75, 3.05) is 0 Å². The van der Waals surface area contributed by atoms with Gasteiger partial charge in [0, 0.05) is 5.69 Å². The molecule has 0 bridgehead atoms. The highest BCUT2D eigenvalue weighted by Gasteiger charge is 2.18. The zero-order valence-corrected chi connectivity index (χ0v) is 11.8. The van der Waals surface area contributed by atoms with Crippen LogP contribution in [-0.4, -0.2) is 25.4 Å². The van der Waals surface area contributed by atoms with Crippen molar-refractivity contribution in [1.82, 2.24) is 14.4 Å². The van der Waals surface area contributed by atoms with Gasteiger partial charge in [0.25, 0.3) is 0 Å². The van der Waals surface area contributed by atoms with E-state index in [1.807, 2.05) is 23.5 Å². The lowest BCUT2D eigenvalue weighted by Gasteiger charge is -2.06. The number of imidazole rings is 2. The lowest BCUT2D eigenvalue weighted by molar-refractivity contribution is -0.136. The average Bonchev–Trinajstić information content (AvgIpc) is 2.85. The summed E-state index contributed by atoms with van der Waals surface area (Å²) in [4.78, 5) is 18.9. The Kier molecular flexibility index (Phi) is 2.78. The van der Waals surface area contributed by atoms with Crippen molar-refractivity contribution >= 4 is 22.8 Å². The number of aryl methyl sites for hydroxylation is 1. The maximum Gasteiger partial charge on any atom is 0.309 e. The molecule has 5 heteroatoms. The quantitative estimate of drug-likeness (QED) is 0.769. The van der Waals surface area contributed by atoms with Crippen LogP contribution in [0.25, 0.3) is 16.8 Å². The van der Waals surface area contributed by atoms with Crippen LogP contribution >= 0.6 is 0 Å². The van der Waals surface area contributed by atoms with Crippen LogP contribution in [0.5, 0.6) is 0 Å². The number of aromatic amines is 1. The monoisotopic (exact) mass is 271 g/mol. The molecule has 0 saturated carbocycles. The van der Waals surface area contributed by atoms with Crippen LogP contribution in [0.1, 0.15) is 36.7 Å². The van der Waals surface area contributed by atoms with E-state index >= 15 is 0 Å². The van der Waals surface area contributed by atoms with E-state index in [-0.39, 0.29) is 6.42 Å². The molecule has 2 aromatic heterocycles. The Balaban J connectivity index is 2.37. The molecule has 0 fully saturated rings. The van der Waals surface area contributed by atoms with Crippen LogP contribution in [0.15, 0.2) is 18.2 Å². The van der Waals surface area contributed by atoms with Crippen molar-refractivity contribution in [1.29, 1.82) is 0 Å². The van der Waals surface area contributed by atoms with Gasteiger partial charge in [0.2, 0.25) is 5.78 Å². The number of nitrogens with one attached hydrogen (secondary N) is 1. The molecule has 0 unspecified atom stereocenters. The van der Waals surface area contributed by atoms with Crippen LogP contribution in [0.3, 0.4) is 0 Å². The predicted octanol–water partition coefficient (Wildman–Crippen LogP) is 2.87. The molecule has 104 valence electrons. The SMILES string of the molecule is Cc1[nH]c2nc3c(C(C)C)cccc3n2c1CC(=O)O. The molecular formula is C15H17N3O2. The molecule has 1 aromatic carbocycles. The summed E-state index contributed by atoms with van der Waals surface area (Å²) in [7, 11) is 0. The van der Waals surface area contributed by atoms with Crippen LogP contribution in [-0.2, 0) is 11.2 Å². The Morgan fingerprint density at radius 3 is 2.85 bits per heavy atom. The van der Waals surface area contributed by atoms with Crippen LogP contribution in [0.4, 0.5) is 0 Å². The number of H-pyrrole nitrogens is 1. The zero-order chi connectivity index (χ0) is 14.4. The van der Waals surface area contributed by atoms with E-state index in [1.54, 1.807) is 0 Å². The first-order chi connectivity index (χ1) is 9.49. The largest absolute Gasteiger partial charge is 0.481 e. The van der Waals surface area contributed by atoms with E-state index in [0.717, 1.165) is 22.4 Å². The summed E-state index contributed by atoms with van der Waals surface area (Å²) in [6.45, 7) is 6.14. The normalized spacial score (nSPS) is 11.8. The van der Waals surface area contributed by atoms with Gasteiger partial charge in [-0.25, -0.2) is 4.98 Å². The van der Waals surface area contributed by atoms with Gasteiger partial charge in [-0.15, -0.1) is 0 Å². The number of benzene rings is 1. The molecule has 3 aromatic rings. The number of para-hydroxylation sites is 1. The van der Waals surface area contributed by atoms with Crippen molar-refractivity contribution < 1.29 is 9.90 Å². The van der Waals surface area contributed by atoms with E-state index in [2.05, 4.69) is 29.9 Å². The first-order valence-electron chi connectivity index (χ1n) is 6.69. The molecule has 0 amide bonds. The summed E-state index contributed by atoms with van der Waals surface area (Å²) < 4.78 is 1.92. The number of carboxylic acids is 1. The fraction of sp³-hybridized carbons (Fsp3) is 0.333. The summed E-state index contributed by atoms with van der Waals surface area (Å²) >= 11 is 0. The van der Waals surface area contributed by atoms with Gasteiger partial charge in [0.15, 0.2) is 0 Å². The first kappa shape index (κ1) is 12.7. The van der Waals surface area contributed by atoms with Crippen molar-refractivity contribution in [2.24, 2.45) is 0 Å². The Bertz CT molecular complexity index is 811. The van der Waals surface area contributed by atoms with Gasteiger partial charge >= 0.3 is 5.97 Å². The molecule has 20 heavy (non-hydrogen) atoms.